The van der Waals surface area contributed by atoms with E-state index in [4.69, 9.17) is 0 Å². The third-order valence-corrected chi connectivity index (χ3v) is 8.17. The molecule has 2 atom stereocenters. The van der Waals surface area contributed by atoms with Crippen molar-refractivity contribution >= 4 is 17.5 Å². The van der Waals surface area contributed by atoms with Gasteiger partial charge in [-0.15, -0.1) is 0 Å². The summed E-state index contributed by atoms with van der Waals surface area (Å²) in [5.41, 5.74) is 6.82. The number of amides is 1. The molecule has 0 spiro atoms. The molecule has 5 rings (SSSR count). The Bertz CT molecular complexity index is 1110. The standard InChI is InChI=1S/C30H34N2O2/c1-4-17-32(28(33)34)24-20-25-27-26(21-24)30(3,23-13-9-6-10-14-23)16-19-31(27)18-15-29(25,2)22-11-7-5-8-12-22/h5-14,20-21H,4,15-19H2,1-3H3,(H,33,34)/t29-,30-/m0/s1. The third kappa shape index (κ3) is 3.48. The Labute approximate surface area is 202 Å². The van der Waals surface area contributed by atoms with Gasteiger partial charge in [0, 0.05) is 41.8 Å². The number of carbonyl (C=O) groups is 1. The Morgan fingerprint density at radius 1 is 0.882 bits per heavy atom. The summed E-state index contributed by atoms with van der Waals surface area (Å²) >= 11 is 0. The van der Waals surface area contributed by atoms with E-state index in [1.165, 1.54) is 32.8 Å². The van der Waals surface area contributed by atoms with E-state index in [2.05, 4.69) is 91.5 Å². The van der Waals surface area contributed by atoms with Crippen LogP contribution in [0.3, 0.4) is 0 Å². The molecule has 1 N–H and O–H groups in total. The minimum Gasteiger partial charge on any atom is -0.465 e. The zero-order valence-corrected chi connectivity index (χ0v) is 20.4. The summed E-state index contributed by atoms with van der Waals surface area (Å²) in [6, 6.07) is 25.8. The van der Waals surface area contributed by atoms with Gasteiger partial charge in [0.2, 0.25) is 0 Å². The predicted octanol–water partition coefficient (Wildman–Crippen LogP) is 6.81. The van der Waals surface area contributed by atoms with Crippen molar-refractivity contribution in [3.05, 3.63) is 95.1 Å². The summed E-state index contributed by atoms with van der Waals surface area (Å²) in [6.07, 6.45) is 1.91. The van der Waals surface area contributed by atoms with E-state index in [1.54, 1.807) is 0 Å². The van der Waals surface area contributed by atoms with Crippen LogP contribution in [0.4, 0.5) is 16.2 Å². The molecule has 4 heteroatoms. The van der Waals surface area contributed by atoms with E-state index >= 15 is 0 Å². The summed E-state index contributed by atoms with van der Waals surface area (Å²) in [5.74, 6) is 0. The van der Waals surface area contributed by atoms with Crippen molar-refractivity contribution in [3.63, 3.8) is 0 Å². The average molecular weight is 455 g/mol. The number of rotatable bonds is 5. The molecule has 4 nitrogen and oxygen atoms in total. The second-order valence-electron chi connectivity index (χ2n) is 10.2. The summed E-state index contributed by atoms with van der Waals surface area (Å²) in [6.45, 7) is 9.20. The molecule has 0 fully saturated rings. The maximum absolute atomic E-state index is 12.3. The minimum absolute atomic E-state index is 0.177. The van der Waals surface area contributed by atoms with Crippen LogP contribution in [-0.2, 0) is 10.8 Å². The van der Waals surface area contributed by atoms with Gasteiger partial charge in [0.1, 0.15) is 0 Å². The molecule has 0 bridgehead atoms. The van der Waals surface area contributed by atoms with E-state index in [1.807, 2.05) is 6.92 Å². The Kier molecular flexibility index (Phi) is 5.63. The summed E-state index contributed by atoms with van der Waals surface area (Å²) < 4.78 is 0. The molecule has 2 heterocycles. The number of anilines is 2. The molecular weight excluding hydrogens is 420 g/mol. The van der Waals surface area contributed by atoms with Crippen LogP contribution in [0.25, 0.3) is 0 Å². The molecule has 1 amide bonds. The lowest BCUT2D eigenvalue weighted by Gasteiger charge is -2.50. The molecule has 0 saturated heterocycles. The highest BCUT2D eigenvalue weighted by Gasteiger charge is 2.45. The van der Waals surface area contributed by atoms with Crippen LogP contribution >= 0.6 is 0 Å². The van der Waals surface area contributed by atoms with Crippen molar-refractivity contribution in [1.82, 2.24) is 0 Å². The van der Waals surface area contributed by atoms with Gasteiger partial charge in [-0.2, -0.15) is 0 Å². The predicted molar refractivity (Wildman–Crippen MR) is 139 cm³/mol. The van der Waals surface area contributed by atoms with Crippen LogP contribution in [0.5, 0.6) is 0 Å². The lowest BCUT2D eigenvalue weighted by molar-refractivity contribution is 0.201. The highest BCUT2D eigenvalue weighted by atomic mass is 16.4. The first-order valence-electron chi connectivity index (χ1n) is 12.4. The van der Waals surface area contributed by atoms with Crippen LogP contribution < -0.4 is 9.80 Å². The van der Waals surface area contributed by atoms with Gasteiger partial charge in [-0.1, -0.05) is 81.4 Å². The SMILES string of the molecule is CCCN(C(=O)O)c1cc2c3c(c1)[C@](C)(c1ccccc1)CCN3CC[C@@]2(C)c1ccccc1. The van der Waals surface area contributed by atoms with Gasteiger partial charge in [0.05, 0.1) is 0 Å². The maximum atomic E-state index is 12.3. The molecule has 0 aromatic heterocycles. The Morgan fingerprint density at radius 3 is 1.76 bits per heavy atom. The molecule has 3 aromatic carbocycles. The zero-order chi connectivity index (χ0) is 23.9. The number of carboxylic acid groups (broad SMARTS) is 1. The molecule has 0 unspecified atom stereocenters. The fourth-order valence-electron chi connectivity index (χ4n) is 6.05. The first-order valence-corrected chi connectivity index (χ1v) is 12.4. The second kappa shape index (κ2) is 8.50. The van der Waals surface area contributed by atoms with Crippen molar-refractivity contribution in [1.29, 1.82) is 0 Å². The minimum atomic E-state index is -0.889. The smallest absolute Gasteiger partial charge is 0.411 e. The van der Waals surface area contributed by atoms with Gasteiger partial charge in [-0.05, 0) is 53.6 Å². The monoisotopic (exact) mass is 454 g/mol. The van der Waals surface area contributed by atoms with Crippen molar-refractivity contribution in [2.75, 3.05) is 29.4 Å². The lowest BCUT2D eigenvalue weighted by atomic mass is 9.64. The topological polar surface area (TPSA) is 43.8 Å². The normalized spacial score (nSPS) is 23.3. The zero-order valence-electron chi connectivity index (χ0n) is 20.4. The molecule has 176 valence electrons. The van der Waals surface area contributed by atoms with Crippen molar-refractivity contribution in [3.8, 4) is 0 Å². The van der Waals surface area contributed by atoms with E-state index < -0.39 is 6.09 Å². The average Bonchev–Trinajstić information content (AvgIpc) is 2.87. The van der Waals surface area contributed by atoms with Crippen molar-refractivity contribution < 1.29 is 9.90 Å². The van der Waals surface area contributed by atoms with E-state index in [0.29, 0.717) is 6.54 Å². The second-order valence-corrected chi connectivity index (χ2v) is 10.2. The molecule has 34 heavy (non-hydrogen) atoms. The van der Waals surface area contributed by atoms with Gasteiger partial charge < -0.3 is 10.0 Å². The Morgan fingerprint density at radius 2 is 1.35 bits per heavy atom. The fourth-order valence-corrected chi connectivity index (χ4v) is 6.05. The van der Waals surface area contributed by atoms with Crippen LogP contribution in [0, 0.1) is 0 Å². The number of nitrogens with zero attached hydrogens (tertiary/aromatic N) is 2. The molecular formula is C30H34N2O2. The first-order chi connectivity index (χ1) is 16.4. The van der Waals surface area contributed by atoms with Gasteiger partial charge in [-0.25, -0.2) is 4.79 Å². The van der Waals surface area contributed by atoms with Crippen LogP contribution in [0.15, 0.2) is 72.8 Å². The van der Waals surface area contributed by atoms with E-state index in [-0.39, 0.29) is 10.8 Å². The van der Waals surface area contributed by atoms with Gasteiger partial charge >= 0.3 is 6.09 Å². The Hall–Kier alpha value is -3.27. The maximum Gasteiger partial charge on any atom is 0.411 e. The molecule has 2 aliphatic heterocycles. The summed E-state index contributed by atoms with van der Waals surface area (Å²) in [5, 5.41) is 10.1. The lowest BCUT2D eigenvalue weighted by Crippen LogP contribution is -2.47. The van der Waals surface area contributed by atoms with Crippen molar-refractivity contribution in [2.45, 2.75) is 50.9 Å². The quantitative estimate of drug-likeness (QED) is 0.461. The molecule has 0 saturated carbocycles. The fraction of sp³-hybridized carbons (Fsp3) is 0.367. The molecule has 0 aliphatic carbocycles. The van der Waals surface area contributed by atoms with Gasteiger partial charge in [-0.3, -0.25) is 4.90 Å². The third-order valence-electron chi connectivity index (χ3n) is 8.17. The first kappa shape index (κ1) is 22.5. The summed E-state index contributed by atoms with van der Waals surface area (Å²) in [7, 11) is 0. The van der Waals surface area contributed by atoms with Gasteiger partial charge in [0.25, 0.3) is 0 Å². The number of hydrogen-bond acceptors (Lipinski definition) is 2. The highest BCUT2D eigenvalue weighted by molar-refractivity contribution is 5.88. The molecule has 3 aromatic rings. The molecule has 0 radical (unpaired) electrons. The van der Waals surface area contributed by atoms with E-state index in [0.717, 1.165) is 38.0 Å². The van der Waals surface area contributed by atoms with Crippen LogP contribution in [0.2, 0.25) is 0 Å². The van der Waals surface area contributed by atoms with E-state index in [9.17, 15) is 9.90 Å². The van der Waals surface area contributed by atoms with Gasteiger partial charge in [0.15, 0.2) is 0 Å². The number of hydrogen-bond donors (Lipinski definition) is 1. The Balaban J connectivity index is 1.81. The number of benzene rings is 3. The molecule has 2 aliphatic rings. The van der Waals surface area contributed by atoms with Crippen LogP contribution in [0.1, 0.15) is 62.3 Å². The van der Waals surface area contributed by atoms with Crippen molar-refractivity contribution in [2.24, 2.45) is 0 Å². The van der Waals surface area contributed by atoms with Crippen LogP contribution in [-0.4, -0.2) is 30.8 Å². The summed E-state index contributed by atoms with van der Waals surface area (Å²) in [4.78, 5) is 16.4. The highest BCUT2D eigenvalue weighted by Crippen LogP contribution is 2.54. The largest absolute Gasteiger partial charge is 0.465 e.